The van der Waals surface area contributed by atoms with Gasteiger partial charge in [-0.05, 0) is 59.7 Å². The first-order valence-corrected chi connectivity index (χ1v) is 16.3. The van der Waals surface area contributed by atoms with Crippen molar-refractivity contribution < 1.29 is 0 Å². The van der Waals surface area contributed by atoms with Crippen molar-refractivity contribution >= 4 is 91.4 Å². The smallest absolute Gasteiger partial charge is 0.0641 e. The maximum atomic E-state index is 2.51. The highest BCUT2D eigenvalue weighted by molar-refractivity contribution is 7.25. The molecule has 0 aliphatic heterocycles. The van der Waals surface area contributed by atoms with Crippen LogP contribution in [-0.4, -0.2) is 8.97 Å². The summed E-state index contributed by atoms with van der Waals surface area (Å²) in [4.78, 5) is 0. The third-order valence-electron chi connectivity index (χ3n) is 9.85. The van der Waals surface area contributed by atoms with Gasteiger partial charge in [-0.15, -0.1) is 11.3 Å². The van der Waals surface area contributed by atoms with Crippen molar-refractivity contribution in [3.05, 3.63) is 146 Å². The van der Waals surface area contributed by atoms with E-state index in [-0.39, 0.29) is 0 Å². The molecule has 0 aliphatic rings. The number of nitrogens with zero attached hydrogens (tertiary/aromatic N) is 2. The second kappa shape index (κ2) is 8.50. The highest BCUT2D eigenvalue weighted by atomic mass is 32.1. The highest BCUT2D eigenvalue weighted by Crippen LogP contribution is 2.44. The summed E-state index contributed by atoms with van der Waals surface area (Å²) in [7, 11) is 0. The molecule has 11 rings (SSSR count). The summed E-state index contributed by atoms with van der Waals surface area (Å²) in [5.74, 6) is 0. The van der Waals surface area contributed by atoms with Crippen LogP contribution in [0.2, 0.25) is 0 Å². The van der Waals surface area contributed by atoms with E-state index in [0.29, 0.717) is 0 Å². The van der Waals surface area contributed by atoms with E-state index < -0.39 is 0 Å². The van der Waals surface area contributed by atoms with E-state index in [1.807, 2.05) is 11.3 Å². The predicted octanol–water partition coefficient (Wildman–Crippen LogP) is 12.0. The van der Waals surface area contributed by atoms with Crippen LogP contribution in [0.4, 0.5) is 0 Å². The van der Waals surface area contributed by atoms with Crippen LogP contribution in [0.1, 0.15) is 0 Å². The SMILES string of the molecule is c1ccc2c(c1)sc1ccc(-c3ccc4c5ccccc5n(-c5ccc6c7ccccc7n7c8ccccc8c5c67)c4c3)cc12. The summed E-state index contributed by atoms with van der Waals surface area (Å²) < 4.78 is 7.65. The number of hydrogen-bond donors (Lipinski definition) is 0. The summed E-state index contributed by atoms with van der Waals surface area (Å²) in [6, 6.07) is 53.9. The molecule has 0 atom stereocenters. The van der Waals surface area contributed by atoms with Crippen LogP contribution in [0.15, 0.2) is 146 Å². The van der Waals surface area contributed by atoms with E-state index >= 15 is 0 Å². The summed E-state index contributed by atoms with van der Waals surface area (Å²) in [5, 5.41) is 10.4. The molecule has 0 radical (unpaired) electrons. The zero-order valence-corrected chi connectivity index (χ0v) is 25.0. The van der Waals surface area contributed by atoms with E-state index in [0.717, 1.165) is 0 Å². The molecule has 3 heteroatoms. The number of benzene rings is 7. The van der Waals surface area contributed by atoms with Gasteiger partial charge >= 0.3 is 0 Å². The van der Waals surface area contributed by atoms with Crippen LogP contribution in [0.3, 0.4) is 0 Å². The zero-order valence-electron chi connectivity index (χ0n) is 24.2. The maximum absolute atomic E-state index is 2.51. The molecule has 4 aromatic heterocycles. The van der Waals surface area contributed by atoms with Gasteiger partial charge in [0.1, 0.15) is 0 Å². The summed E-state index contributed by atoms with van der Waals surface area (Å²) in [5.41, 5.74) is 9.97. The van der Waals surface area contributed by atoms with E-state index in [1.54, 1.807) is 0 Å². The third-order valence-corrected chi connectivity index (χ3v) is 11.0. The first-order valence-electron chi connectivity index (χ1n) is 15.4. The Balaban J connectivity index is 1.25. The van der Waals surface area contributed by atoms with Gasteiger partial charge in [0.05, 0.1) is 33.3 Å². The monoisotopic (exact) mass is 588 g/mol. The first-order chi connectivity index (χ1) is 22.3. The molecule has 208 valence electrons. The molecule has 0 spiro atoms. The van der Waals surface area contributed by atoms with Crippen molar-refractivity contribution in [1.29, 1.82) is 0 Å². The Kier molecular flexibility index (Phi) is 4.49. The van der Waals surface area contributed by atoms with Crippen molar-refractivity contribution in [1.82, 2.24) is 8.97 Å². The fraction of sp³-hybridized carbons (Fsp3) is 0. The molecule has 0 amide bonds. The topological polar surface area (TPSA) is 9.34 Å². The number of fused-ring (bicyclic) bond motifs is 12. The fourth-order valence-electron chi connectivity index (χ4n) is 7.94. The Labute approximate surface area is 261 Å². The van der Waals surface area contributed by atoms with E-state index in [1.165, 1.54) is 96.9 Å². The molecular weight excluding hydrogens is 565 g/mol. The van der Waals surface area contributed by atoms with E-state index in [2.05, 4.69) is 155 Å². The maximum Gasteiger partial charge on any atom is 0.0641 e. The molecule has 45 heavy (non-hydrogen) atoms. The van der Waals surface area contributed by atoms with Gasteiger partial charge in [-0.3, -0.25) is 0 Å². The van der Waals surface area contributed by atoms with Gasteiger partial charge in [0.25, 0.3) is 0 Å². The Morgan fingerprint density at radius 2 is 0.956 bits per heavy atom. The third kappa shape index (κ3) is 3.03. The van der Waals surface area contributed by atoms with Gasteiger partial charge in [0.15, 0.2) is 0 Å². The molecule has 4 heterocycles. The number of thiophene rings is 1. The summed E-state index contributed by atoms with van der Waals surface area (Å²) >= 11 is 1.87. The van der Waals surface area contributed by atoms with Crippen LogP contribution >= 0.6 is 11.3 Å². The summed E-state index contributed by atoms with van der Waals surface area (Å²) in [6.07, 6.45) is 0. The normalized spacial score (nSPS) is 12.4. The second-order valence-electron chi connectivity index (χ2n) is 12.1. The van der Waals surface area contributed by atoms with Gasteiger partial charge in [0, 0.05) is 52.5 Å². The minimum absolute atomic E-state index is 1.22. The minimum atomic E-state index is 1.22. The quantitative estimate of drug-likeness (QED) is 0.190. The minimum Gasteiger partial charge on any atom is -0.309 e. The standard InChI is InChI=1S/C42H24N2S/c1-5-13-34-27(9-1)29-19-17-26(25-18-22-40-33(23-25)30-11-4-8-16-39(30)45-40)24-38(29)43(34)37-21-20-31-28-10-2-6-14-35(28)44-36-15-7-3-12-32(36)41(37)42(31)44/h1-24H. The molecule has 0 unspecified atom stereocenters. The van der Waals surface area contributed by atoms with Crippen molar-refractivity contribution in [2.45, 2.75) is 0 Å². The average molecular weight is 589 g/mol. The molecular formula is C42H24N2S. The zero-order chi connectivity index (χ0) is 29.2. The lowest BCUT2D eigenvalue weighted by Gasteiger charge is -2.12. The lowest BCUT2D eigenvalue weighted by Crippen LogP contribution is -1.95. The first kappa shape index (κ1) is 23.8. The molecule has 2 nitrogen and oxygen atoms in total. The van der Waals surface area contributed by atoms with E-state index in [4.69, 9.17) is 0 Å². The molecule has 7 aromatic carbocycles. The number of aromatic nitrogens is 2. The average Bonchev–Trinajstić information content (AvgIpc) is 3.83. The fourth-order valence-corrected chi connectivity index (χ4v) is 9.03. The molecule has 0 bridgehead atoms. The predicted molar refractivity (Wildman–Crippen MR) is 194 cm³/mol. The molecule has 0 N–H and O–H groups in total. The highest BCUT2D eigenvalue weighted by Gasteiger charge is 2.22. The Morgan fingerprint density at radius 1 is 0.378 bits per heavy atom. The molecule has 0 aliphatic carbocycles. The van der Waals surface area contributed by atoms with Crippen molar-refractivity contribution in [2.24, 2.45) is 0 Å². The Morgan fingerprint density at radius 3 is 1.80 bits per heavy atom. The number of hydrogen-bond acceptors (Lipinski definition) is 1. The van der Waals surface area contributed by atoms with Gasteiger partial charge in [-0.25, -0.2) is 0 Å². The number of rotatable bonds is 2. The van der Waals surface area contributed by atoms with Gasteiger partial charge < -0.3 is 8.97 Å². The molecule has 0 fully saturated rings. The van der Waals surface area contributed by atoms with Crippen LogP contribution in [0.25, 0.3) is 96.9 Å². The molecule has 11 aromatic rings. The second-order valence-corrected chi connectivity index (χ2v) is 13.2. The lowest BCUT2D eigenvalue weighted by molar-refractivity contribution is 1.20. The van der Waals surface area contributed by atoms with Gasteiger partial charge in [0.2, 0.25) is 0 Å². The summed E-state index contributed by atoms with van der Waals surface area (Å²) in [6.45, 7) is 0. The van der Waals surface area contributed by atoms with Crippen LogP contribution < -0.4 is 0 Å². The Hall–Kier alpha value is -5.64. The molecule has 0 saturated heterocycles. The van der Waals surface area contributed by atoms with Crippen LogP contribution in [0.5, 0.6) is 0 Å². The Bertz CT molecular complexity index is 2990. The largest absolute Gasteiger partial charge is 0.309 e. The van der Waals surface area contributed by atoms with Crippen LogP contribution in [0, 0.1) is 0 Å². The van der Waals surface area contributed by atoms with Crippen molar-refractivity contribution in [3.8, 4) is 16.8 Å². The van der Waals surface area contributed by atoms with Gasteiger partial charge in [-0.1, -0.05) is 97.1 Å². The molecule has 0 saturated carbocycles. The van der Waals surface area contributed by atoms with Crippen molar-refractivity contribution in [3.63, 3.8) is 0 Å². The van der Waals surface area contributed by atoms with E-state index in [9.17, 15) is 0 Å². The van der Waals surface area contributed by atoms with Gasteiger partial charge in [-0.2, -0.15) is 0 Å². The number of para-hydroxylation sites is 3. The van der Waals surface area contributed by atoms with Crippen molar-refractivity contribution in [2.75, 3.05) is 0 Å². The lowest BCUT2D eigenvalue weighted by atomic mass is 10.0. The van der Waals surface area contributed by atoms with Crippen LogP contribution in [-0.2, 0) is 0 Å².